The summed E-state index contributed by atoms with van der Waals surface area (Å²) in [5.74, 6) is -0.147. The van der Waals surface area contributed by atoms with Gasteiger partial charge in [0.15, 0.2) is 11.5 Å². The number of phenols is 1. The molecule has 0 saturated heterocycles. The average molecular weight is 444 g/mol. The first-order chi connectivity index (χ1) is 16.0. The highest BCUT2D eigenvalue weighted by Crippen LogP contribution is 2.29. The van der Waals surface area contributed by atoms with Crippen LogP contribution in [-0.4, -0.2) is 43.8 Å². The first kappa shape index (κ1) is 21.8. The SMILES string of the molecule is CCOc1cccc(/C=N/NC(=O)c2cc(-c3c(C)nn(-c4ccccc4)c3C)n[nH]2)c1O. The molecule has 0 unspecified atom stereocenters. The van der Waals surface area contributed by atoms with E-state index in [0.717, 1.165) is 22.6 Å². The van der Waals surface area contributed by atoms with Crippen LogP contribution in [0.25, 0.3) is 16.9 Å². The Morgan fingerprint density at radius 2 is 2.00 bits per heavy atom. The van der Waals surface area contributed by atoms with Crippen LogP contribution < -0.4 is 10.2 Å². The lowest BCUT2D eigenvalue weighted by Crippen LogP contribution is -2.18. The fourth-order valence-electron chi connectivity index (χ4n) is 3.54. The number of ether oxygens (including phenoxy) is 1. The van der Waals surface area contributed by atoms with E-state index in [1.165, 1.54) is 6.21 Å². The molecule has 0 aliphatic rings. The summed E-state index contributed by atoms with van der Waals surface area (Å²) < 4.78 is 7.20. The van der Waals surface area contributed by atoms with E-state index < -0.39 is 5.91 Å². The van der Waals surface area contributed by atoms with Crippen molar-refractivity contribution in [1.29, 1.82) is 0 Å². The third kappa shape index (κ3) is 4.47. The van der Waals surface area contributed by atoms with Gasteiger partial charge in [0.05, 0.1) is 35.6 Å². The highest BCUT2D eigenvalue weighted by atomic mass is 16.5. The van der Waals surface area contributed by atoms with Crippen molar-refractivity contribution in [3.8, 4) is 28.4 Å². The molecular weight excluding hydrogens is 420 g/mol. The minimum atomic E-state index is -0.462. The Hall–Kier alpha value is -4.40. The summed E-state index contributed by atoms with van der Waals surface area (Å²) in [5.41, 5.74) is 7.25. The van der Waals surface area contributed by atoms with Gasteiger partial charge in [0.25, 0.3) is 5.91 Å². The largest absolute Gasteiger partial charge is 0.504 e. The van der Waals surface area contributed by atoms with E-state index in [4.69, 9.17) is 4.74 Å². The normalized spacial score (nSPS) is 11.1. The number of H-pyrrole nitrogens is 1. The highest BCUT2D eigenvalue weighted by Gasteiger charge is 2.19. The minimum Gasteiger partial charge on any atom is -0.504 e. The lowest BCUT2D eigenvalue weighted by atomic mass is 10.1. The zero-order chi connectivity index (χ0) is 23.4. The number of hydrazone groups is 1. The lowest BCUT2D eigenvalue weighted by molar-refractivity contribution is 0.0950. The molecule has 2 heterocycles. The molecule has 2 aromatic carbocycles. The molecule has 2 aromatic heterocycles. The average Bonchev–Trinajstić information content (AvgIpc) is 3.41. The highest BCUT2D eigenvalue weighted by molar-refractivity contribution is 5.94. The first-order valence-corrected chi connectivity index (χ1v) is 10.4. The second kappa shape index (κ2) is 9.39. The number of aromatic amines is 1. The summed E-state index contributed by atoms with van der Waals surface area (Å²) in [7, 11) is 0. The van der Waals surface area contributed by atoms with Crippen molar-refractivity contribution in [3.63, 3.8) is 0 Å². The van der Waals surface area contributed by atoms with E-state index in [-0.39, 0.29) is 11.4 Å². The number of para-hydroxylation sites is 2. The predicted molar refractivity (Wildman–Crippen MR) is 125 cm³/mol. The number of hydrogen-bond donors (Lipinski definition) is 3. The molecule has 9 nitrogen and oxygen atoms in total. The molecule has 1 amide bonds. The maximum Gasteiger partial charge on any atom is 0.289 e. The van der Waals surface area contributed by atoms with E-state index in [1.54, 1.807) is 24.3 Å². The Balaban J connectivity index is 1.50. The Bertz CT molecular complexity index is 1310. The molecule has 3 N–H and O–H groups in total. The number of aryl methyl sites for hydroxylation is 1. The fourth-order valence-corrected chi connectivity index (χ4v) is 3.54. The van der Waals surface area contributed by atoms with Gasteiger partial charge in [-0.3, -0.25) is 9.89 Å². The van der Waals surface area contributed by atoms with E-state index in [9.17, 15) is 9.90 Å². The van der Waals surface area contributed by atoms with Crippen LogP contribution in [0.4, 0.5) is 0 Å². The molecule has 0 aliphatic carbocycles. The Labute approximate surface area is 190 Å². The molecule has 9 heteroatoms. The van der Waals surface area contributed by atoms with Crippen molar-refractivity contribution in [2.24, 2.45) is 5.10 Å². The van der Waals surface area contributed by atoms with Gasteiger partial charge in [-0.05, 0) is 51.1 Å². The standard InChI is InChI=1S/C24H24N6O3/c1-4-33-21-12-8-9-17(23(21)31)14-25-28-24(32)20-13-19(26-27-20)22-15(2)29-30(16(22)3)18-10-6-5-7-11-18/h5-14,31H,4H2,1-3H3,(H,26,27)(H,28,32)/b25-14+. The molecule has 0 spiro atoms. The second-order valence-electron chi connectivity index (χ2n) is 7.29. The number of carbonyl (C=O) groups is 1. The zero-order valence-electron chi connectivity index (χ0n) is 18.5. The second-order valence-corrected chi connectivity index (χ2v) is 7.29. The van der Waals surface area contributed by atoms with Crippen molar-refractivity contribution in [3.05, 3.63) is 77.2 Å². The molecular formula is C24H24N6O3. The molecule has 0 radical (unpaired) electrons. The van der Waals surface area contributed by atoms with E-state index in [0.29, 0.717) is 23.6 Å². The van der Waals surface area contributed by atoms with Gasteiger partial charge < -0.3 is 9.84 Å². The summed E-state index contributed by atoms with van der Waals surface area (Å²) >= 11 is 0. The number of rotatable bonds is 7. The van der Waals surface area contributed by atoms with Gasteiger partial charge in [0, 0.05) is 11.1 Å². The molecule has 168 valence electrons. The van der Waals surface area contributed by atoms with Gasteiger partial charge in [-0.2, -0.15) is 15.3 Å². The third-order valence-corrected chi connectivity index (χ3v) is 5.07. The van der Waals surface area contributed by atoms with Crippen molar-refractivity contribution >= 4 is 12.1 Å². The number of nitrogens with one attached hydrogen (secondary N) is 2. The van der Waals surface area contributed by atoms with Crippen LogP contribution in [0.3, 0.4) is 0 Å². The molecule has 0 fully saturated rings. The predicted octanol–water partition coefficient (Wildman–Crippen LogP) is 3.75. The molecule has 4 rings (SSSR count). The summed E-state index contributed by atoms with van der Waals surface area (Å²) in [6, 6.07) is 16.5. The number of nitrogens with zero attached hydrogens (tertiary/aromatic N) is 4. The lowest BCUT2D eigenvalue weighted by Gasteiger charge is -2.07. The maximum atomic E-state index is 12.5. The summed E-state index contributed by atoms with van der Waals surface area (Å²) in [5, 5.41) is 25.8. The third-order valence-electron chi connectivity index (χ3n) is 5.07. The quantitative estimate of drug-likeness (QED) is 0.296. The molecule has 0 atom stereocenters. The van der Waals surface area contributed by atoms with Crippen molar-refractivity contribution in [2.45, 2.75) is 20.8 Å². The van der Waals surface area contributed by atoms with Crippen LogP contribution in [0, 0.1) is 13.8 Å². The number of carbonyl (C=O) groups excluding carboxylic acids is 1. The number of aromatic nitrogens is 4. The Morgan fingerprint density at radius 3 is 2.76 bits per heavy atom. The molecule has 33 heavy (non-hydrogen) atoms. The van der Waals surface area contributed by atoms with Crippen LogP contribution in [0.5, 0.6) is 11.5 Å². The van der Waals surface area contributed by atoms with Crippen molar-refractivity contribution in [1.82, 2.24) is 25.4 Å². The van der Waals surface area contributed by atoms with E-state index in [1.807, 2.05) is 55.8 Å². The number of benzene rings is 2. The molecule has 0 bridgehead atoms. The van der Waals surface area contributed by atoms with Crippen LogP contribution in [0.1, 0.15) is 34.4 Å². The number of phenolic OH excluding ortho intramolecular Hbond substituents is 1. The van der Waals surface area contributed by atoms with E-state index in [2.05, 4.69) is 25.8 Å². The number of hydrogen-bond acceptors (Lipinski definition) is 6. The van der Waals surface area contributed by atoms with Gasteiger partial charge >= 0.3 is 0 Å². The minimum absolute atomic E-state index is 0.0393. The van der Waals surface area contributed by atoms with Crippen LogP contribution in [0.2, 0.25) is 0 Å². The topological polar surface area (TPSA) is 117 Å². The smallest absolute Gasteiger partial charge is 0.289 e. The van der Waals surface area contributed by atoms with Crippen molar-refractivity contribution in [2.75, 3.05) is 6.61 Å². The summed E-state index contributed by atoms with van der Waals surface area (Å²) in [4.78, 5) is 12.5. The molecule has 0 aliphatic heterocycles. The monoisotopic (exact) mass is 444 g/mol. The fraction of sp³-hybridized carbons (Fsp3) is 0.167. The summed E-state index contributed by atoms with van der Waals surface area (Å²) in [6.07, 6.45) is 1.35. The Kier molecular flexibility index (Phi) is 6.21. The maximum absolute atomic E-state index is 12.5. The Morgan fingerprint density at radius 1 is 1.21 bits per heavy atom. The first-order valence-electron chi connectivity index (χ1n) is 10.4. The molecule has 0 saturated carbocycles. The van der Waals surface area contributed by atoms with Crippen molar-refractivity contribution < 1.29 is 14.6 Å². The summed E-state index contributed by atoms with van der Waals surface area (Å²) in [6.45, 7) is 6.12. The van der Waals surface area contributed by atoms with E-state index >= 15 is 0 Å². The van der Waals surface area contributed by atoms with Gasteiger partial charge in [0.2, 0.25) is 0 Å². The van der Waals surface area contributed by atoms with Gasteiger partial charge in [0.1, 0.15) is 5.69 Å². The van der Waals surface area contributed by atoms with Crippen LogP contribution >= 0.6 is 0 Å². The van der Waals surface area contributed by atoms with Gasteiger partial charge in [-0.1, -0.05) is 24.3 Å². The van der Waals surface area contributed by atoms with Gasteiger partial charge in [-0.25, -0.2) is 10.1 Å². The van der Waals surface area contributed by atoms with Crippen LogP contribution in [-0.2, 0) is 0 Å². The zero-order valence-corrected chi connectivity index (χ0v) is 18.5. The number of aromatic hydroxyl groups is 1. The number of amides is 1. The molecule has 4 aromatic rings. The van der Waals surface area contributed by atoms with Gasteiger partial charge in [-0.15, -0.1) is 0 Å². The van der Waals surface area contributed by atoms with Crippen LogP contribution in [0.15, 0.2) is 59.7 Å².